The van der Waals surface area contributed by atoms with Gasteiger partial charge >= 0.3 is 6.09 Å². The minimum Gasteiger partial charge on any atom is -0.444 e. The van der Waals surface area contributed by atoms with Crippen molar-refractivity contribution < 1.29 is 14.3 Å². The Morgan fingerprint density at radius 2 is 1.88 bits per heavy atom. The molecule has 0 unspecified atom stereocenters. The van der Waals surface area contributed by atoms with Gasteiger partial charge in [-0.05, 0) is 33.6 Å². The van der Waals surface area contributed by atoms with Crippen molar-refractivity contribution >= 4 is 6.09 Å². The van der Waals surface area contributed by atoms with Crippen molar-refractivity contribution in [2.45, 2.75) is 52.1 Å². The highest BCUT2D eigenvalue weighted by Crippen LogP contribution is 2.37. The second kappa shape index (κ2) is 5.71. The summed E-state index contributed by atoms with van der Waals surface area (Å²) in [6.45, 7) is 6.96. The molecule has 1 saturated carbocycles. The Hall–Kier alpha value is -0.770. The molecule has 0 aromatic rings. The molecule has 100 valence electrons. The minimum atomic E-state index is -0.436. The number of carbonyl (C=O) groups is 1. The molecule has 0 spiro atoms. The highest BCUT2D eigenvalue weighted by molar-refractivity contribution is 5.67. The van der Waals surface area contributed by atoms with E-state index in [-0.39, 0.29) is 11.5 Å². The van der Waals surface area contributed by atoms with Crippen LogP contribution < -0.4 is 5.32 Å². The van der Waals surface area contributed by atoms with Crippen LogP contribution in [0.5, 0.6) is 0 Å². The quantitative estimate of drug-likeness (QED) is 0.826. The smallest absolute Gasteiger partial charge is 0.407 e. The zero-order valence-corrected chi connectivity index (χ0v) is 11.5. The van der Waals surface area contributed by atoms with E-state index in [0.717, 1.165) is 12.8 Å². The Balaban J connectivity index is 2.39. The molecule has 0 atom stereocenters. The van der Waals surface area contributed by atoms with Crippen LogP contribution in [-0.2, 0) is 9.47 Å². The van der Waals surface area contributed by atoms with E-state index in [1.807, 2.05) is 20.8 Å². The van der Waals surface area contributed by atoms with Crippen LogP contribution in [0.2, 0.25) is 0 Å². The van der Waals surface area contributed by atoms with Gasteiger partial charge in [-0.2, -0.15) is 0 Å². The fourth-order valence-corrected chi connectivity index (χ4v) is 2.38. The number of amides is 1. The first-order valence-electron chi connectivity index (χ1n) is 6.33. The summed E-state index contributed by atoms with van der Waals surface area (Å²) >= 11 is 0. The van der Waals surface area contributed by atoms with Gasteiger partial charge in [0.1, 0.15) is 5.60 Å². The molecular formula is C13H25NO3. The fraction of sp³-hybridized carbons (Fsp3) is 0.923. The predicted molar refractivity (Wildman–Crippen MR) is 67.0 cm³/mol. The molecule has 0 aromatic carbocycles. The Labute approximate surface area is 104 Å². The van der Waals surface area contributed by atoms with Crippen LogP contribution in [0.4, 0.5) is 4.79 Å². The molecule has 0 radical (unpaired) electrons. The highest BCUT2D eigenvalue weighted by atomic mass is 16.6. The van der Waals surface area contributed by atoms with Crippen LogP contribution in [0.3, 0.4) is 0 Å². The van der Waals surface area contributed by atoms with E-state index in [2.05, 4.69) is 5.32 Å². The first-order chi connectivity index (χ1) is 7.87. The summed E-state index contributed by atoms with van der Waals surface area (Å²) in [5, 5.41) is 2.87. The van der Waals surface area contributed by atoms with Gasteiger partial charge in [-0.15, -0.1) is 0 Å². The van der Waals surface area contributed by atoms with Crippen molar-refractivity contribution in [1.29, 1.82) is 0 Å². The van der Waals surface area contributed by atoms with Crippen molar-refractivity contribution in [2.75, 3.05) is 20.3 Å². The maximum absolute atomic E-state index is 11.6. The number of carbonyl (C=O) groups excluding carboxylic acids is 1. The molecule has 1 amide bonds. The maximum atomic E-state index is 11.6. The lowest BCUT2D eigenvalue weighted by Crippen LogP contribution is -2.41. The van der Waals surface area contributed by atoms with E-state index in [4.69, 9.17) is 9.47 Å². The van der Waals surface area contributed by atoms with Gasteiger partial charge in [-0.25, -0.2) is 4.79 Å². The molecule has 0 aromatic heterocycles. The molecule has 1 aliphatic rings. The number of hydrogen-bond acceptors (Lipinski definition) is 3. The number of methoxy groups -OCH3 is 1. The molecule has 1 fully saturated rings. The largest absolute Gasteiger partial charge is 0.444 e. The normalized spacial score (nSPS) is 19.1. The number of hydrogen-bond donors (Lipinski definition) is 1. The lowest BCUT2D eigenvalue weighted by Gasteiger charge is -2.29. The Morgan fingerprint density at radius 3 is 2.35 bits per heavy atom. The molecule has 0 heterocycles. The van der Waals surface area contributed by atoms with Gasteiger partial charge in [0, 0.05) is 19.1 Å². The summed E-state index contributed by atoms with van der Waals surface area (Å²) in [6, 6.07) is 0. The van der Waals surface area contributed by atoms with Crippen LogP contribution in [0.25, 0.3) is 0 Å². The van der Waals surface area contributed by atoms with Crippen molar-refractivity contribution in [1.82, 2.24) is 5.32 Å². The number of alkyl carbamates (subject to hydrolysis) is 1. The van der Waals surface area contributed by atoms with E-state index < -0.39 is 5.60 Å². The van der Waals surface area contributed by atoms with Crippen LogP contribution in [0, 0.1) is 5.41 Å². The second-order valence-electron chi connectivity index (χ2n) is 6.00. The molecule has 1 rings (SSSR count). The van der Waals surface area contributed by atoms with Gasteiger partial charge in [-0.3, -0.25) is 0 Å². The van der Waals surface area contributed by atoms with Crippen LogP contribution in [0.15, 0.2) is 0 Å². The van der Waals surface area contributed by atoms with Gasteiger partial charge in [0.25, 0.3) is 0 Å². The van der Waals surface area contributed by atoms with E-state index in [9.17, 15) is 4.79 Å². The highest BCUT2D eigenvalue weighted by Gasteiger charge is 2.34. The van der Waals surface area contributed by atoms with Gasteiger partial charge < -0.3 is 14.8 Å². The Kier molecular flexibility index (Phi) is 4.80. The van der Waals surface area contributed by atoms with E-state index >= 15 is 0 Å². The lowest BCUT2D eigenvalue weighted by atomic mass is 9.87. The topological polar surface area (TPSA) is 47.6 Å². The van der Waals surface area contributed by atoms with Crippen LogP contribution >= 0.6 is 0 Å². The number of rotatable bonds is 4. The van der Waals surface area contributed by atoms with Gasteiger partial charge in [0.05, 0.1) is 6.61 Å². The van der Waals surface area contributed by atoms with Gasteiger partial charge in [-0.1, -0.05) is 12.8 Å². The lowest BCUT2D eigenvalue weighted by molar-refractivity contribution is 0.0432. The van der Waals surface area contributed by atoms with Crippen molar-refractivity contribution in [3.63, 3.8) is 0 Å². The Morgan fingerprint density at radius 1 is 1.29 bits per heavy atom. The monoisotopic (exact) mass is 243 g/mol. The van der Waals surface area contributed by atoms with E-state index in [1.165, 1.54) is 12.8 Å². The van der Waals surface area contributed by atoms with Crippen molar-refractivity contribution in [3.05, 3.63) is 0 Å². The van der Waals surface area contributed by atoms with Gasteiger partial charge in [0.15, 0.2) is 0 Å². The summed E-state index contributed by atoms with van der Waals surface area (Å²) in [7, 11) is 1.72. The molecule has 0 aliphatic heterocycles. The molecule has 1 aliphatic carbocycles. The average Bonchev–Trinajstić information content (AvgIpc) is 2.62. The fourth-order valence-electron chi connectivity index (χ4n) is 2.38. The average molecular weight is 243 g/mol. The second-order valence-corrected chi connectivity index (χ2v) is 6.00. The maximum Gasteiger partial charge on any atom is 0.407 e. The third kappa shape index (κ3) is 4.94. The minimum absolute atomic E-state index is 0.117. The Bertz CT molecular complexity index is 252. The van der Waals surface area contributed by atoms with Crippen molar-refractivity contribution in [2.24, 2.45) is 5.41 Å². The van der Waals surface area contributed by atoms with E-state index in [0.29, 0.717) is 13.2 Å². The zero-order valence-electron chi connectivity index (χ0n) is 11.5. The SMILES string of the molecule is COCC1(CNC(=O)OC(C)(C)C)CCCC1. The number of ether oxygens (including phenoxy) is 2. The molecule has 4 nitrogen and oxygen atoms in total. The van der Waals surface area contributed by atoms with Crippen LogP contribution in [-0.4, -0.2) is 32.0 Å². The first-order valence-corrected chi connectivity index (χ1v) is 6.33. The summed E-state index contributed by atoms with van der Waals surface area (Å²) in [5.74, 6) is 0. The molecule has 4 heteroatoms. The molecule has 0 saturated heterocycles. The zero-order chi connectivity index (χ0) is 12.9. The first kappa shape index (κ1) is 14.3. The molecular weight excluding hydrogens is 218 g/mol. The summed E-state index contributed by atoms with van der Waals surface area (Å²) in [6.07, 6.45) is 4.35. The third-order valence-corrected chi connectivity index (χ3v) is 3.12. The number of nitrogens with one attached hydrogen (secondary N) is 1. The molecule has 0 bridgehead atoms. The van der Waals surface area contributed by atoms with E-state index in [1.54, 1.807) is 7.11 Å². The van der Waals surface area contributed by atoms with Crippen LogP contribution in [0.1, 0.15) is 46.5 Å². The standard InChI is InChI=1S/C13H25NO3/c1-12(2,3)17-11(15)14-9-13(10-16-4)7-5-6-8-13/h5-10H2,1-4H3,(H,14,15). The van der Waals surface area contributed by atoms with Gasteiger partial charge in [0.2, 0.25) is 0 Å². The third-order valence-electron chi connectivity index (χ3n) is 3.12. The predicted octanol–water partition coefficient (Wildman–Crippen LogP) is 2.72. The molecule has 1 N–H and O–H groups in total. The summed E-state index contributed by atoms with van der Waals surface area (Å²) < 4.78 is 10.5. The summed E-state index contributed by atoms with van der Waals surface area (Å²) in [5.41, 5.74) is -0.320. The van der Waals surface area contributed by atoms with Crippen molar-refractivity contribution in [3.8, 4) is 0 Å². The molecule has 17 heavy (non-hydrogen) atoms. The summed E-state index contributed by atoms with van der Waals surface area (Å²) in [4.78, 5) is 11.6.